The Hall–Kier alpha value is -0.850. The molecule has 0 aliphatic carbocycles. The standard InChI is InChI=1S/C25H46O/c1-21(2)11-7-12-22(3)13-8-14-23(4)15-9-16-24(5)17-10-18-25(6)19-20-26/h17,19-23H,7-16,18H2,1-6H3/b24-17+,25-19+. The van der Waals surface area contributed by atoms with Crippen LogP contribution in [0.4, 0.5) is 0 Å². The molecule has 0 aliphatic heterocycles. The third kappa shape index (κ3) is 16.6. The molecule has 0 rings (SSSR count). The topological polar surface area (TPSA) is 17.1 Å². The maximum Gasteiger partial charge on any atom is 0.142 e. The summed E-state index contributed by atoms with van der Waals surface area (Å²) in [6, 6.07) is 0. The molecule has 0 bridgehead atoms. The van der Waals surface area contributed by atoms with Gasteiger partial charge in [0, 0.05) is 0 Å². The minimum atomic E-state index is 0.858. The van der Waals surface area contributed by atoms with Gasteiger partial charge in [-0.2, -0.15) is 0 Å². The summed E-state index contributed by atoms with van der Waals surface area (Å²) < 4.78 is 0. The Balaban J connectivity index is 3.70. The van der Waals surface area contributed by atoms with Crippen molar-refractivity contribution >= 4 is 6.29 Å². The first-order valence-corrected chi connectivity index (χ1v) is 11.1. The summed E-state index contributed by atoms with van der Waals surface area (Å²) >= 11 is 0. The highest BCUT2D eigenvalue weighted by Gasteiger charge is 2.06. The predicted molar refractivity (Wildman–Crippen MR) is 118 cm³/mol. The summed E-state index contributed by atoms with van der Waals surface area (Å²) in [7, 11) is 0. The lowest BCUT2D eigenvalue weighted by Crippen LogP contribution is -2.00. The molecule has 0 saturated carbocycles. The van der Waals surface area contributed by atoms with Crippen molar-refractivity contribution in [1.29, 1.82) is 0 Å². The fraction of sp³-hybridized carbons (Fsp3) is 0.800. The number of allylic oxidation sites excluding steroid dienone is 4. The second-order valence-electron chi connectivity index (χ2n) is 9.10. The third-order valence-corrected chi connectivity index (χ3v) is 5.52. The minimum Gasteiger partial charge on any atom is -0.299 e. The Morgan fingerprint density at radius 2 is 1.27 bits per heavy atom. The Morgan fingerprint density at radius 3 is 1.81 bits per heavy atom. The molecule has 0 N–H and O–H groups in total. The summed E-state index contributed by atoms with van der Waals surface area (Å²) in [4.78, 5) is 10.4. The van der Waals surface area contributed by atoms with E-state index in [1.54, 1.807) is 6.08 Å². The number of hydrogen-bond donors (Lipinski definition) is 0. The molecule has 0 radical (unpaired) electrons. The van der Waals surface area contributed by atoms with Crippen molar-refractivity contribution in [3.8, 4) is 0 Å². The van der Waals surface area contributed by atoms with E-state index in [4.69, 9.17) is 0 Å². The lowest BCUT2D eigenvalue weighted by Gasteiger charge is -2.15. The van der Waals surface area contributed by atoms with Gasteiger partial charge in [-0.3, -0.25) is 4.79 Å². The molecule has 0 spiro atoms. The average molecular weight is 363 g/mol. The van der Waals surface area contributed by atoms with Gasteiger partial charge in [-0.1, -0.05) is 89.9 Å². The van der Waals surface area contributed by atoms with Gasteiger partial charge >= 0.3 is 0 Å². The summed E-state index contributed by atoms with van der Waals surface area (Å²) in [5, 5.41) is 0. The van der Waals surface area contributed by atoms with Crippen LogP contribution in [0.25, 0.3) is 0 Å². The van der Waals surface area contributed by atoms with Gasteiger partial charge in [-0.25, -0.2) is 0 Å². The number of carbonyl (C=O) groups is 1. The van der Waals surface area contributed by atoms with Crippen molar-refractivity contribution in [3.05, 3.63) is 23.3 Å². The van der Waals surface area contributed by atoms with E-state index in [0.29, 0.717) is 0 Å². The second kappa shape index (κ2) is 16.3. The van der Waals surface area contributed by atoms with Crippen molar-refractivity contribution in [1.82, 2.24) is 0 Å². The van der Waals surface area contributed by atoms with Gasteiger partial charge in [-0.15, -0.1) is 0 Å². The van der Waals surface area contributed by atoms with E-state index in [1.165, 1.54) is 68.9 Å². The molecule has 0 aromatic heterocycles. The molecule has 152 valence electrons. The predicted octanol–water partition coefficient (Wildman–Crippen LogP) is 8.30. The molecular weight excluding hydrogens is 316 g/mol. The highest BCUT2D eigenvalue weighted by atomic mass is 16.1. The van der Waals surface area contributed by atoms with Crippen molar-refractivity contribution in [2.75, 3.05) is 0 Å². The zero-order valence-electron chi connectivity index (χ0n) is 18.7. The Bertz CT molecular complexity index is 402. The summed E-state index contributed by atoms with van der Waals surface area (Å²) in [5.74, 6) is 2.63. The highest BCUT2D eigenvalue weighted by Crippen LogP contribution is 2.22. The van der Waals surface area contributed by atoms with Crippen molar-refractivity contribution in [2.45, 2.75) is 112 Å². The van der Waals surface area contributed by atoms with Crippen LogP contribution < -0.4 is 0 Å². The molecule has 0 aromatic carbocycles. The molecule has 0 fully saturated rings. The molecule has 0 aromatic rings. The van der Waals surface area contributed by atoms with Crippen molar-refractivity contribution in [3.63, 3.8) is 0 Å². The van der Waals surface area contributed by atoms with Crippen LogP contribution >= 0.6 is 0 Å². The molecule has 26 heavy (non-hydrogen) atoms. The first-order valence-electron chi connectivity index (χ1n) is 11.1. The minimum absolute atomic E-state index is 0.858. The quantitative estimate of drug-likeness (QED) is 0.153. The maximum absolute atomic E-state index is 10.4. The van der Waals surface area contributed by atoms with Gasteiger partial charge in [0.25, 0.3) is 0 Å². The van der Waals surface area contributed by atoms with Crippen LogP contribution in [-0.2, 0) is 4.79 Å². The number of aldehydes is 1. The summed E-state index contributed by atoms with van der Waals surface area (Å²) in [6.07, 6.45) is 19.3. The zero-order valence-corrected chi connectivity index (χ0v) is 18.7. The van der Waals surface area contributed by atoms with Crippen molar-refractivity contribution < 1.29 is 4.79 Å². The molecule has 2 unspecified atom stereocenters. The van der Waals surface area contributed by atoms with Crippen LogP contribution in [-0.4, -0.2) is 6.29 Å². The lowest BCUT2D eigenvalue weighted by atomic mass is 9.91. The van der Waals surface area contributed by atoms with Crippen molar-refractivity contribution in [2.24, 2.45) is 17.8 Å². The van der Waals surface area contributed by atoms with Crippen LogP contribution in [0.3, 0.4) is 0 Å². The van der Waals surface area contributed by atoms with Crippen LogP contribution in [0.2, 0.25) is 0 Å². The number of hydrogen-bond acceptors (Lipinski definition) is 1. The van der Waals surface area contributed by atoms with E-state index in [1.807, 2.05) is 6.92 Å². The van der Waals surface area contributed by atoms with E-state index in [-0.39, 0.29) is 0 Å². The van der Waals surface area contributed by atoms with E-state index in [9.17, 15) is 4.79 Å². The molecule has 1 nitrogen and oxygen atoms in total. The average Bonchev–Trinajstić information content (AvgIpc) is 2.54. The SMILES string of the molecule is C/C(=C\C=O)CC/C=C(\C)CCCC(C)CCCC(C)CCCC(C)C. The van der Waals surface area contributed by atoms with Crippen LogP contribution in [0.1, 0.15) is 112 Å². The summed E-state index contributed by atoms with van der Waals surface area (Å²) in [6.45, 7) is 13.8. The molecule has 0 amide bonds. The molecule has 2 atom stereocenters. The van der Waals surface area contributed by atoms with E-state index >= 15 is 0 Å². The van der Waals surface area contributed by atoms with Gasteiger partial charge in [-0.05, 0) is 63.4 Å². The Kier molecular flexibility index (Phi) is 15.8. The van der Waals surface area contributed by atoms with Gasteiger partial charge in [0.2, 0.25) is 0 Å². The highest BCUT2D eigenvalue weighted by molar-refractivity contribution is 5.65. The van der Waals surface area contributed by atoms with Gasteiger partial charge < -0.3 is 0 Å². The molecule has 0 saturated heterocycles. The largest absolute Gasteiger partial charge is 0.299 e. The second-order valence-corrected chi connectivity index (χ2v) is 9.10. The Labute approximate surface area is 164 Å². The molecular formula is C25H46O. The van der Waals surface area contributed by atoms with Gasteiger partial charge in [0.15, 0.2) is 0 Å². The lowest BCUT2D eigenvalue weighted by molar-refractivity contribution is -0.104. The maximum atomic E-state index is 10.4. The fourth-order valence-electron chi connectivity index (χ4n) is 3.56. The van der Waals surface area contributed by atoms with E-state index in [2.05, 4.69) is 40.7 Å². The Morgan fingerprint density at radius 1 is 0.731 bits per heavy atom. The third-order valence-electron chi connectivity index (χ3n) is 5.52. The first-order chi connectivity index (χ1) is 12.3. The van der Waals surface area contributed by atoms with Crippen LogP contribution in [0.15, 0.2) is 23.3 Å². The summed E-state index contributed by atoms with van der Waals surface area (Å²) in [5.41, 5.74) is 2.69. The van der Waals surface area contributed by atoms with Gasteiger partial charge in [0.1, 0.15) is 6.29 Å². The first kappa shape index (κ1) is 25.1. The monoisotopic (exact) mass is 362 g/mol. The van der Waals surface area contributed by atoms with Crippen LogP contribution in [0.5, 0.6) is 0 Å². The normalized spacial score (nSPS) is 15.3. The fourth-order valence-corrected chi connectivity index (χ4v) is 3.56. The molecule has 0 heterocycles. The van der Waals surface area contributed by atoms with Crippen LogP contribution in [0, 0.1) is 17.8 Å². The number of carbonyl (C=O) groups excluding carboxylic acids is 1. The zero-order chi connectivity index (χ0) is 19.8. The molecule has 0 aliphatic rings. The molecule has 1 heteroatoms. The van der Waals surface area contributed by atoms with E-state index < -0.39 is 0 Å². The number of rotatable bonds is 16. The van der Waals surface area contributed by atoms with Gasteiger partial charge in [0.05, 0.1) is 0 Å². The smallest absolute Gasteiger partial charge is 0.142 e. The van der Waals surface area contributed by atoms with E-state index in [0.717, 1.165) is 36.9 Å².